The standard InChI is InChI=1S/C18H20BrNO3/c1-12(2)11-23-15-7-4-13(5-8-15)18(21)20-14-6-9-17(22-3)16(19)10-14/h4-10,12H,11H2,1-3H3,(H,20,21). The minimum Gasteiger partial charge on any atom is -0.496 e. The molecule has 23 heavy (non-hydrogen) atoms. The average Bonchev–Trinajstić information content (AvgIpc) is 2.53. The molecule has 0 radical (unpaired) electrons. The van der Waals surface area contributed by atoms with Gasteiger partial charge >= 0.3 is 0 Å². The van der Waals surface area contributed by atoms with Crippen molar-refractivity contribution in [2.45, 2.75) is 13.8 Å². The molecule has 0 spiro atoms. The first-order valence-electron chi connectivity index (χ1n) is 7.37. The molecule has 0 bridgehead atoms. The van der Waals surface area contributed by atoms with Gasteiger partial charge in [0.1, 0.15) is 11.5 Å². The number of amides is 1. The number of carbonyl (C=O) groups excluding carboxylic acids is 1. The third-order valence-corrected chi connectivity index (χ3v) is 3.73. The van der Waals surface area contributed by atoms with Gasteiger partial charge in [0, 0.05) is 11.3 Å². The number of benzene rings is 2. The first kappa shape index (κ1) is 17.3. The normalized spacial score (nSPS) is 10.5. The summed E-state index contributed by atoms with van der Waals surface area (Å²) in [7, 11) is 1.60. The molecule has 0 unspecified atom stereocenters. The van der Waals surface area contributed by atoms with Crippen LogP contribution in [0.4, 0.5) is 5.69 Å². The molecule has 0 saturated carbocycles. The lowest BCUT2D eigenvalue weighted by molar-refractivity contribution is 0.102. The van der Waals surface area contributed by atoms with E-state index in [1.54, 1.807) is 49.6 Å². The SMILES string of the molecule is COc1ccc(NC(=O)c2ccc(OCC(C)C)cc2)cc1Br. The lowest BCUT2D eigenvalue weighted by atomic mass is 10.2. The van der Waals surface area contributed by atoms with Gasteiger partial charge in [-0.2, -0.15) is 0 Å². The van der Waals surface area contributed by atoms with Crippen LogP contribution in [-0.2, 0) is 0 Å². The predicted octanol–water partition coefficient (Wildman–Crippen LogP) is 4.74. The van der Waals surface area contributed by atoms with Crippen LogP contribution in [0.1, 0.15) is 24.2 Å². The fourth-order valence-electron chi connectivity index (χ4n) is 1.91. The van der Waals surface area contributed by atoms with Crippen molar-refractivity contribution in [2.75, 3.05) is 19.0 Å². The van der Waals surface area contributed by atoms with Crippen LogP contribution in [0.5, 0.6) is 11.5 Å². The van der Waals surface area contributed by atoms with Gasteiger partial charge in [-0.3, -0.25) is 4.79 Å². The van der Waals surface area contributed by atoms with Crippen molar-refractivity contribution in [1.29, 1.82) is 0 Å². The van der Waals surface area contributed by atoms with E-state index in [9.17, 15) is 4.79 Å². The van der Waals surface area contributed by atoms with Crippen LogP contribution in [0.15, 0.2) is 46.9 Å². The van der Waals surface area contributed by atoms with E-state index in [2.05, 4.69) is 35.1 Å². The molecule has 0 atom stereocenters. The minimum absolute atomic E-state index is 0.169. The van der Waals surface area contributed by atoms with Gasteiger partial charge < -0.3 is 14.8 Å². The number of anilines is 1. The average molecular weight is 378 g/mol. The van der Waals surface area contributed by atoms with Crippen LogP contribution < -0.4 is 14.8 Å². The molecule has 0 fully saturated rings. The van der Waals surface area contributed by atoms with Gasteiger partial charge in [0.15, 0.2) is 0 Å². The Hall–Kier alpha value is -2.01. The maximum absolute atomic E-state index is 12.3. The van der Waals surface area contributed by atoms with Gasteiger partial charge in [-0.15, -0.1) is 0 Å². The van der Waals surface area contributed by atoms with Crippen LogP contribution in [0, 0.1) is 5.92 Å². The molecule has 0 heterocycles. The number of rotatable bonds is 6. The van der Waals surface area contributed by atoms with E-state index in [1.165, 1.54) is 0 Å². The number of methoxy groups -OCH3 is 1. The Morgan fingerprint density at radius 2 is 1.87 bits per heavy atom. The number of carbonyl (C=O) groups is 1. The molecule has 1 N–H and O–H groups in total. The van der Waals surface area contributed by atoms with Crippen molar-refractivity contribution in [2.24, 2.45) is 5.92 Å². The van der Waals surface area contributed by atoms with Crippen molar-refractivity contribution in [1.82, 2.24) is 0 Å². The second kappa shape index (κ2) is 8.02. The molecule has 1 amide bonds. The van der Waals surface area contributed by atoms with Gasteiger partial charge in [-0.1, -0.05) is 13.8 Å². The van der Waals surface area contributed by atoms with E-state index in [0.29, 0.717) is 23.8 Å². The minimum atomic E-state index is -0.169. The van der Waals surface area contributed by atoms with E-state index in [-0.39, 0.29) is 5.91 Å². The summed E-state index contributed by atoms with van der Waals surface area (Å²) < 4.78 is 11.6. The zero-order valence-corrected chi connectivity index (χ0v) is 15.0. The highest BCUT2D eigenvalue weighted by molar-refractivity contribution is 9.10. The van der Waals surface area contributed by atoms with E-state index < -0.39 is 0 Å². The Morgan fingerprint density at radius 1 is 1.17 bits per heavy atom. The fraction of sp³-hybridized carbons (Fsp3) is 0.278. The van der Waals surface area contributed by atoms with Crippen molar-refractivity contribution in [3.05, 3.63) is 52.5 Å². The predicted molar refractivity (Wildman–Crippen MR) is 95.4 cm³/mol. The van der Waals surface area contributed by atoms with Gasteiger partial charge in [0.05, 0.1) is 18.2 Å². The number of ether oxygens (including phenoxy) is 2. The van der Waals surface area contributed by atoms with Crippen molar-refractivity contribution in [3.8, 4) is 11.5 Å². The second-order valence-electron chi connectivity index (χ2n) is 5.53. The van der Waals surface area contributed by atoms with E-state index >= 15 is 0 Å². The lowest BCUT2D eigenvalue weighted by Crippen LogP contribution is -2.12. The number of hydrogen-bond acceptors (Lipinski definition) is 3. The third kappa shape index (κ3) is 4.99. The summed E-state index contributed by atoms with van der Waals surface area (Å²) in [6.07, 6.45) is 0. The van der Waals surface area contributed by atoms with Crippen LogP contribution in [0.3, 0.4) is 0 Å². The summed E-state index contributed by atoms with van der Waals surface area (Å²) in [5.74, 6) is 1.78. The third-order valence-electron chi connectivity index (χ3n) is 3.11. The Labute approximate surface area is 144 Å². The zero-order chi connectivity index (χ0) is 16.8. The molecule has 0 saturated heterocycles. The summed E-state index contributed by atoms with van der Waals surface area (Å²) in [4.78, 5) is 12.3. The number of hydrogen-bond donors (Lipinski definition) is 1. The zero-order valence-electron chi connectivity index (χ0n) is 13.4. The summed E-state index contributed by atoms with van der Waals surface area (Å²) in [5, 5.41) is 2.85. The largest absolute Gasteiger partial charge is 0.496 e. The first-order chi connectivity index (χ1) is 11.0. The summed E-state index contributed by atoms with van der Waals surface area (Å²) in [6.45, 7) is 4.84. The summed E-state index contributed by atoms with van der Waals surface area (Å²) in [6, 6.07) is 12.5. The van der Waals surface area contributed by atoms with Crippen molar-refractivity contribution < 1.29 is 14.3 Å². The van der Waals surface area contributed by atoms with Gasteiger partial charge in [0.2, 0.25) is 0 Å². The van der Waals surface area contributed by atoms with Gasteiger partial charge in [0.25, 0.3) is 5.91 Å². The molecule has 2 aromatic rings. The molecule has 0 aromatic heterocycles. The molecular formula is C18H20BrNO3. The van der Waals surface area contributed by atoms with Crippen molar-refractivity contribution >= 4 is 27.5 Å². The Morgan fingerprint density at radius 3 is 2.43 bits per heavy atom. The Balaban J connectivity index is 2.01. The first-order valence-corrected chi connectivity index (χ1v) is 8.16. The Kier molecular flexibility index (Phi) is 6.04. The molecule has 0 aliphatic carbocycles. The van der Waals surface area contributed by atoms with E-state index in [1.807, 2.05) is 0 Å². The quantitative estimate of drug-likeness (QED) is 0.790. The maximum atomic E-state index is 12.3. The highest BCUT2D eigenvalue weighted by Gasteiger charge is 2.08. The van der Waals surface area contributed by atoms with Gasteiger partial charge in [-0.25, -0.2) is 0 Å². The van der Waals surface area contributed by atoms with Crippen LogP contribution >= 0.6 is 15.9 Å². The van der Waals surface area contributed by atoms with E-state index in [4.69, 9.17) is 9.47 Å². The molecule has 0 aliphatic rings. The monoisotopic (exact) mass is 377 g/mol. The second-order valence-corrected chi connectivity index (χ2v) is 6.39. The molecule has 4 nitrogen and oxygen atoms in total. The van der Waals surface area contributed by atoms with Crippen LogP contribution in [0.25, 0.3) is 0 Å². The van der Waals surface area contributed by atoms with Gasteiger partial charge in [-0.05, 0) is 64.3 Å². The highest BCUT2D eigenvalue weighted by atomic mass is 79.9. The van der Waals surface area contributed by atoms with E-state index in [0.717, 1.165) is 16.0 Å². The molecule has 2 aromatic carbocycles. The maximum Gasteiger partial charge on any atom is 0.255 e. The lowest BCUT2D eigenvalue weighted by Gasteiger charge is -2.10. The fourth-order valence-corrected chi connectivity index (χ4v) is 2.45. The van der Waals surface area contributed by atoms with Crippen LogP contribution in [-0.4, -0.2) is 19.6 Å². The number of nitrogens with one attached hydrogen (secondary N) is 1. The highest BCUT2D eigenvalue weighted by Crippen LogP contribution is 2.28. The number of halogens is 1. The molecule has 0 aliphatic heterocycles. The smallest absolute Gasteiger partial charge is 0.255 e. The molecular weight excluding hydrogens is 358 g/mol. The molecule has 2 rings (SSSR count). The summed E-state index contributed by atoms with van der Waals surface area (Å²) in [5.41, 5.74) is 1.27. The van der Waals surface area contributed by atoms with Crippen LogP contribution in [0.2, 0.25) is 0 Å². The molecule has 122 valence electrons. The van der Waals surface area contributed by atoms with Crippen molar-refractivity contribution in [3.63, 3.8) is 0 Å². The topological polar surface area (TPSA) is 47.6 Å². The summed E-state index contributed by atoms with van der Waals surface area (Å²) >= 11 is 3.40. The Bertz CT molecular complexity index is 668. The molecule has 5 heteroatoms.